The van der Waals surface area contributed by atoms with Gasteiger partial charge in [-0.15, -0.1) is 11.8 Å². The van der Waals surface area contributed by atoms with Crippen LogP contribution in [-0.4, -0.2) is 23.5 Å². The average molecular weight is 461 g/mol. The Balaban J connectivity index is 1.37. The van der Waals surface area contributed by atoms with E-state index in [9.17, 15) is 14.4 Å². The fourth-order valence-electron chi connectivity index (χ4n) is 3.68. The van der Waals surface area contributed by atoms with Crippen molar-refractivity contribution in [1.29, 1.82) is 0 Å². The van der Waals surface area contributed by atoms with Crippen LogP contribution in [0.1, 0.15) is 12.8 Å². The lowest BCUT2D eigenvalue weighted by Crippen LogP contribution is -2.30. The van der Waals surface area contributed by atoms with Crippen molar-refractivity contribution >= 4 is 64.1 Å². The van der Waals surface area contributed by atoms with E-state index in [1.165, 1.54) is 16.7 Å². The molecule has 4 rings (SSSR count). The molecule has 30 heavy (non-hydrogen) atoms. The van der Waals surface area contributed by atoms with Gasteiger partial charge in [-0.05, 0) is 49.2 Å². The van der Waals surface area contributed by atoms with Gasteiger partial charge in [0.25, 0.3) is 0 Å². The minimum Gasteiger partial charge on any atom is -0.324 e. The molecule has 0 spiro atoms. The molecule has 0 bridgehead atoms. The highest BCUT2D eigenvalue weighted by molar-refractivity contribution is 8.00. The maximum absolute atomic E-state index is 12.7. The van der Waals surface area contributed by atoms with Crippen LogP contribution in [0.25, 0.3) is 0 Å². The summed E-state index contributed by atoms with van der Waals surface area (Å²) in [6.45, 7) is 0. The first kappa shape index (κ1) is 21.0. The molecule has 0 radical (unpaired) electrons. The monoisotopic (exact) mass is 460 g/mol. The summed E-state index contributed by atoms with van der Waals surface area (Å²) in [6.07, 6.45) is 5.17. The molecule has 1 heterocycles. The predicted octanol–water partition coefficient (Wildman–Crippen LogP) is 5.18. The summed E-state index contributed by atoms with van der Waals surface area (Å²) in [5.41, 5.74) is 1.03. The topological polar surface area (TPSA) is 66.5 Å². The molecule has 0 saturated carbocycles. The minimum atomic E-state index is -0.251. The van der Waals surface area contributed by atoms with Crippen LogP contribution in [0.3, 0.4) is 0 Å². The second-order valence-electron chi connectivity index (χ2n) is 7.10. The number of imide groups is 1. The third-order valence-corrected chi connectivity index (χ3v) is 7.03. The van der Waals surface area contributed by atoms with Crippen LogP contribution in [0, 0.1) is 11.8 Å². The van der Waals surface area contributed by atoms with Crippen LogP contribution in [0.2, 0.25) is 10.0 Å². The third kappa shape index (κ3) is 4.13. The Bertz CT molecular complexity index is 1010. The number of allylic oxidation sites excluding steroid dienone is 2. The number of amides is 3. The lowest BCUT2D eigenvalue weighted by Gasteiger charge is -2.15. The van der Waals surface area contributed by atoms with E-state index in [-0.39, 0.29) is 35.3 Å². The van der Waals surface area contributed by atoms with E-state index in [2.05, 4.69) is 5.32 Å². The van der Waals surface area contributed by atoms with Gasteiger partial charge in [-0.25, -0.2) is 0 Å². The minimum absolute atomic E-state index is 0.132. The van der Waals surface area contributed by atoms with E-state index in [0.29, 0.717) is 34.3 Å². The molecule has 1 aliphatic carbocycles. The van der Waals surface area contributed by atoms with Crippen molar-refractivity contribution in [1.82, 2.24) is 0 Å². The molecule has 2 atom stereocenters. The zero-order valence-electron chi connectivity index (χ0n) is 15.8. The van der Waals surface area contributed by atoms with Crippen molar-refractivity contribution in [3.05, 3.63) is 64.7 Å². The first-order chi connectivity index (χ1) is 14.5. The standard InChI is InChI=1S/C22H18Cl2N2O3S/c23-17-6-3-7-18(20(17)24)25-19(27)12-30-14-10-8-13(9-11-14)26-21(28)15-4-1-2-5-16(15)22(26)29/h1-3,6-11,15-16H,4-5,12H2,(H,25,27)/t15-,16-/m1/s1. The van der Waals surface area contributed by atoms with Crippen LogP contribution in [0.15, 0.2) is 59.5 Å². The van der Waals surface area contributed by atoms with Crippen molar-refractivity contribution in [2.45, 2.75) is 17.7 Å². The number of rotatable bonds is 5. The Morgan fingerprint density at radius 3 is 2.27 bits per heavy atom. The first-order valence-electron chi connectivity index (χ1n) is 9.45. The number of hydrogen-bond acceptors (Lipinski definition) is 4. The van der Waals surface area contributed by atoms with E-state index in [4.69, 9.17) is 23.2 Å². The largest absolute Gasteiger partial charge is 0.324 e. The van der Waals surface area contributed by atoms with Gasteiger partial charge in [0.15, 0.2) is 0 Å². The maximum atomic E-state index is 12.7. The van der Waals surface area contributed by atoms with E-state index in [0.717, 1.165) is 4.90 Å². The lowest BCUT2D eigenvalue weighted by atomic mass is 9.85. The number of anilines is 2. The Labute approximate surface area is 188 Å². The summed E-state index contributed by atoms with van der Waals surface area (Å²) in [6, 6.07) is 12.1. The highest BCUT2D eigenvalue weighted by Crippen LogP contribution is 2.38. The van der Waals surface area contributed by atoms with Crippen LogP contribution in [0.5, 0.6) is 0 Å². The third-order valence-electron chi connectivity index (χ3n) is 5.20. The lowest BCUT2D eigenvalue weighted by molar-refractivity contribution is -0.122. The second-order valence-corrected chi connectivity index (χ2v) is 8.93. The number of benzene rings is 2. The molecule has 1 N–H and O–H groups in total. The van der Waals surface area contributed by atoms with Crippen LogP contribution in [-0.2, 0) is 14.4 Å². The molecule has 1 fully saturated rings. The molecule has 1 aliphatic heterocycles. The van der Waals surface area contributed by atoms with Gasteiger partial charge in [-0.1, -0.05) is 41.4 Å². The molecule has 3 amide bonds. The van der Waals surface area contributed by atoms with Crippen molar-refractivity contribution in [3.63, 3.8) is 0 Å². The molecular weight excluding hydrogens is 443 g/mol. The van der Waals surface area contributed by atoms with Gasteiger partial charge in [-0.3, -0.25) is 19.3 Å². The predicted molar refractivity (Wildman–Crippen MR) is 120 cm³/mol. The molecule has 1 saturated heterocycles. The van der Waals surface area contributed by atoms with Gasteiger partial charge >= 0.3 is 0 Å². The van der Waals surface area contributed by atoms with Gasteiger partial charge in [0.1, 0.15) is 0 Å². The van der Waals surface area contributed by atoms with Crippen molar-refractivity contribution in [3.8, 4) is 0 Å². The second kappa shape index (κ2) is 8.84. The van der Waals surface area contributed by atoms with Crippen molar-refractivity contribution < 1.29 is 14.4 Å². The van der Waals surface area contributed by atoms with Crippen LogP contribution < -0.4 is 10.2 Å². The number of nitrogens with one attached hydrogen (secondary N) is 1. The van der Waals surface area contributed by atoms with Crippen LogP contribution in [0.4, 0.5) is 11.4 Å². The molecule has 8 heteroatoms. The summed E-state index contributed by atoms with van der Waals surface area (Å²) in [7, 11) is 0. The van der Waals surface area contributed by atoms with Crippen molar-refractivity contribution in [2.75, 3.05) is 16.0 Å². The highest BCUT2D eigenvalue weighted by atomic mass is 35.5. The number of thioether (sulfide) groups is 1. The summed E-state index contributed by atoms with van der Waals surface area (Å²) in [5, 5.41) is 3.42. The quantitative estimate of drug-likeness (QED) is 0.379. The fraction of sp³-hybridized carbons (Fsp3) is 0.227. The Kier molecular flexibility index (Phi) is 6.18. The fourth-order valence-corrected chi connectivity index (χ4v) is 4.73. The number of fused-ring (bicyclic) bond motifs is 1. The molecule has 2 aromatic rings. The van der Waals surface area contributed by atoms with Gasteiger partial charge in [0.05, 0.1) is 39.0 Å². The van der Waals surface area contributed by atoms with E-state index < -0.39 is 0 Å². The molecule has 2 aliphatic rings. The Morgan fingerprint density at radius 1 is 1.00 bits per heavy atom. The van der Waals surface area contributed by atoms with E-state index >= 15 is 0 Å². The molecule has 0 aromatic heterocycles. The normalized spacial score (nSPS) is 20.4. The number of nitrogens with zero attached hydrogens (tertiary/aromatic N) is 1. The average Bonchev–Trinajstić information content (AvgIpc) is 3.01. The van der Waals surface area contributed by atoms with Gasteiger partial charge in [-0.2, -0.15) is 0 Å². The SMILES string of the molecule is O=C(CSc1ccc(N2C(=O)[C@@H]3CC=CC[C@H]3C2=O)cc1)Nc1cccc(Cl)c1Cl. The van der Waals surface area contributed by atoms with E-state index in [1.54, 1.807) is 42.5 Å². The molecule has 154 valence electrons. The summed E-state index contributed by atoms with van der Waals surface area (Å²) in [5.74, 6) is -0.800. The number of carbonyl (C=O) groups is 3. The van der Waals surface area contributed by atoms with Gasteiger partial charge in [0.2, 0.25) is 17.7 Å². The zero-order chi connectivity index (χ0) is 21.3. The molecule has 5 nitrogen and oxygen atoms in total. The van der Waals surface area contributed by atoms with Crippen molar-refractivity contribution in [2.24, 2.45) is 11.8 Å². The molecule has 2 aromatic carbocycles. The maximum Gasteiger partial charge on any atom is 0.238 e. The zero-order valence-corrected chi connectivity index (χ0v) is 18.1. The Morgan fingerprint density at radius 2 is 1.63 bits per heavy atom. The summed E-state index contributed by atoms with van der Waals surface area (Å²) < 4.78 is 0. The molecule has 0 unspecified atom stereocenters. The van der Waals surface area contributed by atoms with Gasteiger partial charge in [0, 0.05) is 4.90 Å². The smallest absolute Gasteiger partial charge is 0.238 e. The first-order valence-corrected chi connectivity index (χ1v) is 11.2. The Hall–Kier alpha value is -2.28. The summed E-state index contributed by atoms with van der Waals surface area (Å²) in [4.78, 5) is 39.7. The molecular formula is C22H18Cl2N2O3S. The van der Waals surface area contributed by atoms with Gasteiger partial charge < -0.3 is 5.32 Å². The number of carbonyl (C=O) groups excluding carboxylic acids is 3. The number of hydrogen-bond donors (Lipinski definition) is 1. The summed E-state index contributed by atoms with van der Waals surface area (Å²) >= 11 is 13.4. The van der Waals surface area contributed by atoms with Crippen LogP contribution >= 0.6 is 35.0 Å². The van der Waals surface area contributed by atoms with E-state index in [1.807, 2.05) is 12.2 Å². The number of halogens is 2. The highest BCUT2D eigenvalue weighted by Gasteiger charge is 2.47.